The van der Waals surface area contributed by atoms with Gasteiger partial charge in [-0.3, -0.25) is 0 Å². The average Bonchev–Trinajstić information content (AvgIpc) is 2.39. The molecular formula is C14H25N3O. The highest BCUT2D eigenvalue weighted by Gasteiger charge is 2.17. The van der Waals surface area contributed by atoms with E-state index < -0.39 is 0 Å². The van der Waals surface area contributed by atoms with E-state index >= 15 is 0 Å². The molecule has 1 aromatic heterocycles. The van der Waals surface area contributed by atoms with Crippen LogP contribution in [0, 0.1) is 0 Å². The maximum absolute atomic E-state index is 9.23. The van der Waals surface area contributed by atoms with Crippen molar-refractivity contribution in [3.05, 3.63) is 18.1 Å². The van der Waals surface area contributed by atoms with Gasteiger partial charge in [-0.25, -0.2) is 9.97 Å². The first-order chi connectivity index (χ1) is 8.63. The van der Waals surface area contributed by atoms with E-state index in [0.29, 0.717) is 18.5 Å². The molecule has 4 heteroatoms. The van der Waals surface area contributed by atoms with Crippen molar-refractivity contribution in [2.45, 2.75) is 52.5 Å². The van der Waals surface area contributed by atoms with E-state index in [2.05, 4.69) is 42.6 Å². The Hall–Kier alpha value is -1.16. The molecule has 0 unspecified atom stereocenters. The van der Waals surface area contributed by atoms with E-state index in [4.69, 9.17) is 0 Å². The molecule has 0 aliphatic carbocycles. The van der Waals surface area contributed by atoms with Gasteiger partial charge < -0.3 is 10.0 Å². The summed E-state index contributed by atoms with van der Waals surface area (Å²) in [7, 11) is 0. The van der Waals surface area contributed by atoms with Crippen LogP contribution in [0.15, 0.2) is 12.4 Å². The van der Waals surface area contributed by atoms with Crippen LogP contribution < -0.4 is 4.90 Å². The van der Waals surface area contributed by atoms with Gasteiger partial charge in [0.05, 0.1) is 6.61 Å². The van der Waals surface area contributed by atoms with Crippen molar-refractivity contribution in [2.75, 3.05) is 18.1 Å². The molecule has 0 aliphatic heterocycles. The molecule has 0 bridgehead atoms. The van der Waals surface area contributed by atoms with E-state index in [1.54, 1.807) is 6.33 Å². The standard InChI is InChI=1S/C14H25N3O/c1-5-12(6-2)17(7-8-18)14-9-13(11(3)4)15-10-16-14/h9-12,18H,5-8H2,1-4H3. The Morgan fingerprint density at radius 1 is 1.22 bits per heavy atom. The number of hydrogen-bond acceptors (Lipinski definition) is 4. The van der Waals surface area contributed by atoms with Crippen molar-refractivity contribution in [3.63, 3.8) is 0 Å². The van der Waals surface area contributed by atoms with Gasteiger partial charge in [0.15, 0.2) is 0 Å². The van der Waals surface area contributed by atoms with E-state index in [0.717, 1.165) is 24.4 Å². The minimum atomic E-state index is 0.150. The van der Waals surface area contributed by atoms with Crippen LogP contribution in [0.3, 0.4) is 0 Å². The normalized spacial score (nSPS) is 11.3. The van der Waals surface area contributed by atoms with Crippen LogP contribution in [0.1, 0.15) is 52.1 Å². The minimum absolute atomic E-state index is 0.150. The highest BCUT2D eigenvalue weighted by atomic mass is 16.3. The SMILES string of the molecule is CCC(CC)N(CCO)c1cc(C(C)C)ncn1. The third-order valence-electron chi connectivity index (χ3n) is 3.28. The quantitative estimate of drug-likeness (QED) is 0.809. The van der Waals surface area contributed by atoms with E-state index in [9.17, 15) is 5.11 Å². The molecule has 0 radical (unpaired) electrons. The number of rotatable bonds is 7. The Morgan fingerprint density at radius 3 is 2.39 bits per heavy atom. The van der Waals surface area contributed by atoms with Gasteiger partial charge in [0, 0.05) is 24.3 Å². The van der Waals surface area contributed by atoms with E-state index in [1.165, 1.54) is 0 Å². The molecule has 0 fully saturated rings. The lowest BCUT2D eigenvalue weighted by Gasteiger charge is -2.31. The molecule has 4 nitrogen and oxygen atoms in total. The first-order valence-electron chi connectivity index (χ1n) is 6.83. The van der Waals surface area contributed by atoms with Crippen LogP contribution >= 0.6 is 0 Å². The first-order valence-corrected chi connectivity index (χ1v) is 6.83. The van der Waals surface area contributed by atoms with Gasteiger partial charge in [-0.15, -0.1) is 0 Å². The summed E-state index contributed by atoms with van der Waals surface area (Å²) in [6.45, 7) is 9.36. The van der Waals surface area contributed by atoms with E-state index in [1.807, 2.05) is 6.07 Å². The molecule has 1 heterocycles. The average molecular weight is 251 g/mol. The molecule has 0 atom stereocenters. The number of aliphatic hydroxyl groups excluding tert-OH is 1. The highest BCUT2D eigenvalue weighted by molar-refractivity contribution is 5.40. The third kappa shape index (κ3) is 3.67. The molecular weight excluding hydrogens is 226 g/mol. The van der Waals surface area contributed by atoms with Crippen LogP contribution in [-0.2, 0) is 0 Å². The zero-order chi connectivity index (χ0) is 13.5. The fraction of sp³-hybridized carbons (Fsp3) is 0.714. The van der Waals surface area contributed by atoms with Crippen LogP contribution in [0.25, 0.3) is 0 Å². The summed E-state index contributed by atoms with van der Waals surface area (Å²) in [5.41, 5.74) is 1.05. The molecule has 0 aromatic carbocycles. The van der Waals surface area contributed by atoms with Gasteiger partial charge in [0.1, 0.15) is 12.1 Å². The fourth-order valence-corrected chi connectivity index (χ4v) is 2.16. The van der Waals surface area contributed by atoms with Gasteiger partial charge in [-0.05, 0) is 18.8 Å². The number of anilines is 1. The zero-order valence-corrected chi connectivity index (χ0v) is 11.9. The lowest BCUT2D eigenvalue weighted by atomic mass is 10.1. The number of hydrogen-bond donors (Lipinski definition) is 1. The Labute approximate surface area is 110 Å². The van der Waals surface area contributed by atoms with Gasteiger partial charge in [-0.1, -0.05) is 27.7 Å². The zero-order valence-electron chi connectivity index (χ0n) is 11.9. The summed E-state index contributed by atoms with van der Waals surface area (Å²) in [6.07, 6.45) is 3.73. The maximum Gasteiger partial charge on any atom is 0.132 e. The van der Waals surface area contributed by atoms with Crippen LogP contribution in [0.4, 0.5) is 5.82 Å². The van der Waals surface area contributed by atoms with Gasteiger partial charge >= 0.3 is 0 Å². The van der Waals surface area contributed by atoms with Crippen molar-refractivity contribution >= 4 is 5.82 Å². The summed E-state index contributed by atoms with van der Waals surface area (Å²) in [6, 6.07) is 2.46. The molecule has 0 saturated heterocycles. The summed E-state index contributed by atoms with van der Waals surface area (Å²) < 4.78 is 0. The minimum Gasteiger partial charge on any atom is -0.395 e. The Kier molecular flexibility index (Phi) is 6.05. The first kappa shape index (κ1) is 14.9. The van der Waals surface area contributed by atoms with Crippen molar-refractivity contribution in [1.29, 1.82) is 0 Å². The summed E-state index contributed by atoms with van der Waals surface area (Å²) in [4.78, 5) is 10.8. The van der Waals surface area contributed by atoms with Crippen molar-refractivity contribution in [1.82, 2.24) is 9.97 Å². The molecule has 0 amide bonds. The van der Waals surface area contributed by atoms with E-state index in [-0.39, 0.29) is 6.61 Å². The number of aromatic nitrogens is 2. The molecule has 0 spiro atoms. The summed E-state index contributed by atoms with van der Waals surface area (Å²) in [5.74, 6) is 1.32. The number of nitrogens with zero attached hydrogens (tertiary/aromatic N) is 3. The Balaban J connectivity index is 3.00. The molecule has 0 aliphatic rings. The van der Waals surface area contributed by atoms with Gasteiger partial charge in [-0.2, -0.15) is 0 Å². The highest BCUT2D eigenvalue weighted by Crippen LogP contribution is 2.21. The van der Waals surface area contributed by atoms with Crippen LogP contribution in [0.5, 0.6) is 0 Å². The Bertz CT molecular complexity index is 351. The molecule has 0 saturated carbocycles. The molecule has 1 rings (SSSR count). The van der Waals surface area contributed by atoms with Crippen LogP contribution in [-0.4, -0.2) is 34.3 Å². The van der Waals surface area contributed by atoms with Gasteiger partial charge in [0.25, 0.3) is 0 Å². The maximum atomic E-state index is 9.23. The molecule has 102 valence electrons. The second-order valence-electron chi connectivity index (χ2n) is 4.84. The predicted octanol–water partition coefficient (Wildman–Crippen LogP) is 2.59. The smallest absolute Gasteiger partial charge is 0.132 e. The number of aliphatic hydroxyl groups is 1. The monoisotopic (exact) mass is 251 g/mol. The molecule has 18 heavy (non-hydrogen) atoms. The van der Waals surface area contributed by atoms with Crippen molar-refractivity contribution < 1.29 is 5.11 Å². The third-order valence-corrected chi connectivity index (χ3v) is 3.28. The largest absolute Gasteiger partial charge is 0.395 e. The van der Waals surface area contributed by atoms with Gasteiger partial charge in [0.2, 0.25) is 0 Å². The van der Waals surface area contributed by atoms with Crippen LogP contribution in [0.2, 0.25) is 0 Å². The van der Waals surface area contributed by atoms with Crippen molar-refractivity contribution in [3.8, 4) is 0 Å². The van der Waals surface area contributed by atoms with Crippen molar-refractivity contribution in [2.24, 2.45) is 0 Å². The summed E-state index contributed by atoms with van der Waals surface area (Å²) >= 11 is 0. The second-order valence-corrected chi connectivity index (χ2v) is 4.84. The lowest BCUT2D eigenvalue weighted by molar-refractivity contribution is 0.295. The molecule has 1 N–H and O–H groups in total. The topological polar surface area (TPSA) is 49.2 Å². The fourth-order valence-electron chi connectivity index (χ4n) is 2.16. The summed E-state index contributed by atoms with van der Waals surface area (Å²) in [5, 5.41) is 9.23. The predicted molar refractivity (Wildman–Crippen MR) is 74.9 cm³/mol. The lowest BCUT2D eigenvalue weighted by Crippen LogP contribution is -2.37. The Morgan fingerprint density at radius 2 is 1.89 bits per heavy atom. The second kappa shape index (κ2) is 7.31. The molecule has 1 aromatic rings.